The second kappa shape index (κ2) is 5.25. The zero-order valence-corrected chi connectivity index (χ0v) is 14.5. The Labute approximate surface area is 147 Å². The number of anilines is 2. The van der Waals surface area contributed by atoms with Crippen LogP contribution >= 0.6 is 0 Å². The van der Waals surface area contributed by atoms with Crippen LogP contribution in [0.4, 0.5) is 11.4 Å². The summed E-state index contributed by atoms with van der Waals surface area (Å²) in [6, 6.07) is 28.4. The van der Waals surface area contributed by atoms with Gasteiger partial charge in [0.05, 0.1) is 11.4 Å². The molecule has 0 fully saturated rings. The number of hydrogen-bond acceptors (Lipinski definition) is 2. The van der Waals surface area contributed by atoms with Crippen molar-refractivity contribution >= 4 is 32.9 Å². The van der Waals surface area contributed by atoms with Gasteiger partial charge < -0.3 is 9.80 Å². The summed E-state index contributed by atoms with van der Waals surface area (Å²) in [5.74, 6) is 0. The normalized spacial score (nSPS) is 14.5. The van der Waals surface area contributed by atoms with Crippen molar-refractivity contribution in [1.82, 2.24) is 0 Å². The minimum Gasteiger partial charge on any atom is -0.349 e. The summed E-state index contributed by atoms with van der Waals surface area (Å²) in [6.07, 6.45) is 0.188. The van der Waals surface area contributed by atoms with Crippen LogP contribution in [0.1, 0.15) is 11.7 Å². The molecule has 4 aromatic carbocycles. The Morgan fingerprint density at radius 3 is 1.56 bits per heavy atom. The fourth-order valence-electron chi connectivity index (χ4n) is 4.30. The number of benzene rings is 4. The van der Waals surface area contributed by atoms with Gasteiger partial charge >= 0.3 is 0 Å². The number of hydrogen-bond donors (Lipinski definition) is 0. The molecule has 0 unspecified atom stereocenters. The van der Waals surface area contributed by atoms with E-state index in [0.717, 1.165) is 0 Å². The Morgan fingerprint density at radius 2 is 1.04 bits per heavy atom. The van der Waals surface area contributed by atoms with E-state index in [1.807, 2.05) is 0 Å². The molecule has 0 atom stereocenters. The fourth-order valence-corrected chi connectivity index (χ4v) is 4.30. The van der Waals surface area contributed by atoms with Gasteiger partial charge in [-0.15, -0.1) is 0 Å². The third-order valence-corrected chi connectivity index (χ3v) is 5.45. The fraction of sp³-hybridized carbons (Fsp3) is 0.130. The minimum atomic E-state index is 0.188. The molecule has 0 N–H and O–H groups in total. The Hall–Kier alpha value is -3.00. The van der Waals surface area contributed by atoms with Gasteiger partial charge in [-0.2, -0.15) is 0 Å². The van der Waals surface area contributed by atoms with Crippen LogP contribution in [0.5, 0.6) is 0 Å². The molecule has 25 heavy (non-hydrogen) atoms. The average molecular weight is 324 g/mol. The summed E-state index contributed by atoms with van der Waals surface area (Å²) in [5, 5.41) is 5.26. The summed E-state index contributed by atoms with van der Waals surface area (Å²) in [7, 11) is 4.40. The first-order valence-electron chi connectivity index (χ1n) is 8.71. The summed E-state index contributed by atoms with van der Waals surface area (Å²) >= 11 is 0. The van der Waals surface area contributed by atoms with Gasteiger partial charge in [0.1, 0.15) is 6.17 Å². The lowest BCUT2D eigenvalue weighted by molar-refractivity contribution is 0.705. The van der Waals surface area contributed by atoms with Gasteiger partial charge in [-0.1, -0.05) is 60.7 Å². The van der Waals surface area contributed by atoms with Gasteiger partial charge in [-0.25, -0.2) is 0 Å². The van der Waals surface area contributed by atoms with E-state index in [-0.39, 0.29) is 6.17 Å². The van der Waals surface area contributed by atoms with Crippen molar-refractivity contribution in [3.05, 3.63) is 84.4 Å². The van der Waals surface area contributed by atoms with E-state index >= 15 is 0 Å². The molecule has 0 bridgehead atoms. The highest BCUT2D eigenvalue weighted by Crippen LogP contribution is 2.47. The Bertz CT molecular complexity index is 1020. The molecule has 4 aromatic rings. The quantitative estimate of drug-likeness (QED) is 0.422. The van der Waals surface area contributed by atoms with Crippen LogP contribution in [0, 0.1) is 0 Å². The minimum absolute atomic E-state index is 0.188. The van der Waals surface area contributed by atoms with Gasteiger partial charge in [0.2, 0.25) is 0 Å². The summed E-state index contributed by atoms with van der Waals surface area (Å²) < 4.78 is 0. The Kier molecular flexibility index (Phi) is 3.01. The lowest BCUT2D eigenvalue weighted by Gasteiger charge is -2.30. The number of fused-ring (bicyclic) bond motifs is 3. The van der Waals surface area contributed by atoms with Crippen LogP contribution in [0.15, 0.2) is 78.9 Å². The Balaban J connectivity index is 1.86. The van der Waals surface area contributed by atoms with Crippen molar-refractivity contribution in [2.75, 3.05) is 23.9 Å². The highest BCUT2D eigenvalue weighted by Gasteiger charge is 2.34. The first-order chi connectivity index (χ1) is 12.3. The highest BCUT2D eigenvalue weighted by molar-refractivity contribution is 6.03. The summed E-state index contributed by atoms with van der Waals surface area (Å²) in [5.41, 5.74) is 3.95. The van der Waals surface area contributed by atoms with Gasteiger partial charge in [-0.05, 0) is 39.7 Å². The lowest BCUT2D eigenvalue weighted by atomic mass is 9.94. The predicted octanol–water partition coefficient (Wildman–Crippen LogP) is 5.58. The predicted molar refractivity (Wildman–Crippen MR) is 107 cm³/mol. The molecule has 1 heterocycles. The van der Waals surface area contributed by atoms with E-state index in [4.69, 9.17) is 0 Å². The lowest BCUT2D eigenvalue weighted by Crippen LogP contribution is -2.30. The van der Waals surface area contributed by atoms with Crippen molar-refractivity contribution in [2.24, 2.45) is 0 Å². The summed E-state index contributed by atoms with van der Waals surface area (Å²) in [4.78, 5) is 4.78. The Morgan fingerprint density at radius 1 is 0.600 bits per heavy atom. The molecular formula is C23H20N2. The van der Waals surface area contributed by atoms with Gasteiger partial charge in [0.15, 0.2) is 0 Å². The molecule has 0 saturated heterocycles. The monoisotopic (exact) mass is 324 g/mol. The standard InChI is InChI=1S/C23H20N2/c1-24-20-13-7-8-14-21(20)25(2)23(24)22-18-11-5-3-9-16(18)15-17-10-4-6-12-19(17)22/h3-15,23H,1-2H3. The van der Waals surface area contributed by atoms with Crippen LogP contribution in [-0.2, 0) is 0 Å². The number of para-hydroxylation sites is 2. The molecule has 0 aromatic heterocycles. The molecule has 2 heteroatoms. The van der Waals surface area contributed by atoms with Crippen LogP contribution < -0.4 is 9.80 Å². The molecule has 122 valence electrons. The van der Waals surface area contributed by atoms with Crippen molar-refractivity contribution in [3.63, 3.8) is 0 Å². The summed E-state index contributed by atoms with van der Waals surface area (Å²) in [6.45, 7) is 0. The first kappa shape index (κ1) is 14.4. The molecule has 1 aliphatic heterocycles. The zero-order chi connectivity index (χ0) is 17.0. The van der Waals surface area contributed by atoms with Crippen molar-refractivity contribution in [1.29, 1.82) is 0 Å². The average Bonchev–Trinajstić information content (AvgIpc) is 2.91. The molecular weight excluding hydrogens is 304 g/mol. The van der Waals surface area contributed by atoms with Crippen molar-refractivity contribution < 1.29 is 0 Å². The van der Waals surface area contributed by atoms with E-state index in [0.29, 0.717) is 0 Å². The van der Waals surface area contributed by atoms with Gasteiger partial charge in [0, 0.05) is 19.7 Å². The zero-order valence-electron chi connectivity index (χ0n) is 14.5. The SMILES string of the molecule is CN1c2ccccc2N(C)C1c1c2ccccc2cc2ccccc12. The molecule has 0 aliphatic carbocycles. The maximum Gasteiger partial charge on any atom is 0.129 e. The van der Waals surface area contributed by atoms with Crippen LogP contribution in [0.2, 0.25) is 0 Å². The first-order valence-corrected chi connectivity index (χ1v) is 8.71. The smallest absolute Gasteiger partial charge is 0.129 e. The topological polar surface area (TPSA) is 6.48 Å². The highest BCUT2D eigenvalue weighted by atomic mass is 15.4. The van der Waals surface area contributed by atoms with Gasteiger partial charge in [0.25, 0.3) is 0 Å². The largest absolute Gasteiger partial charge is 0.349 e. The van der Waals surface area contributed by atoms with E-state index in [1.165, 1.54) is 38.5 Å². The van der Waals surface area contributed by atoms with Crippen LogP contribution in [0.25, 0.3) is 21.5 Å². The molecule has 2 nitrogen and oxygen atoms in total. The second-order valence-electron chi connectivity index (χ2n) is 6.82. The van der Waals surface area contributed by atoms with Crippen LogP contribution in [-0.4, -0.2) is 14.1 Å². The molecule has 5 rings (SSSR count). The number of nitrogens with zero attached hydrogens (tertiary/aromatic N) is 2. The van der Waals surface area contributed by atoms with Crippen LogP contribution in [0.3, 0.4) is 0 Å². The number of rotatable bonds is 1. The van der Waals surface area contributed by atoms with E-state index in [2.05, 4.69) is 103 Å². The third-order valence-electron chi connectivity index (χ3n) is 5.45. The molecule has 0 spiro atoms. The maximum atomic E-state index is 2.39. The van der Waals surface area contributed by atoms with E-state index in [1.54, 1.807) is 0 Å². The molecule has 0 radical (unpaired) electrons. The van der Waals surface area contributed by atoms with Crippen molar-refractivity contribution in [3.8, 4) is 0 Å². The third kappa shape index (κ3) is 1.97. The van der Waals surface area contributed by atoms with Crippen molar-refractivity contribution in [2.45, 2.75) is 6.17 Å². The molecule has 0 amide bonds. The van der Waals surface area contributed by atoms with E-state index < -0.39 is 0 Å². The second-order valence-corrected chi connectivity index (χ2v) is 6.82. The maximum absolute atomic E-state index is 2.39. The molecule has 0 saturated carbocycles. The molecule has 1 aliphatic rings. The van der Waals surface area contributed by atoms with E-state index in [9.17, 15) is 0 Å². The van der Waals surface area contributed by atoms with Gasteiger partial charge in [-0.3, -0.25) is 0 Å².